The minimum atomic E-state index is 0.543. The third-order valence-corrected chi connectivity index (χ3v) is 3.93. The largest absolute Gasteiger partial charge is 0.382 e. The van der Waals surface area contributed by atoms with E-state index in [1.54, 1.807) is 0 Å². The smallest absolute Gasteiger partial charge is 0.0381 e. The van der Waals surface area contributed by atoms with E-state index in [1.807, 2.05) is 0 Å². The highest BCUT2D eigenvalue weighted by Gasteiger charge is 2.23. The number of nitrogens with two attached hydrogens (primary N) is 1. The molecule has 1 aliphatic rings. The van der Waals surface area contributed by atoms with Crippen molar-refractivity contribution in [2.45, 2.75) is 31.7 Å². The van der Waals surface area contributed by atoms with Gasteiger partial charge >= 0.3 is 0 Å². The lowest BCUT2D eigenvalue weighted by Gasteiger charge is -2.32. The molecule has 3 heteroatoms. The van der Waals surface area contributed by atoms with E-state index in [1.165, 1.54) is 37.1 Å². The molecule has 2 unspecified atom stereocenters. The number of benzene rings is 1. The van der Waals surface area contributed by atoms with Crippen molar-refractivity contribution < 1.29 is 0 Å². The second-order valence-corrected chi connectivity index (χ2v) is 5.48. The number of hydrogen-bond donors (Lipinski definition) is 2. The number of nitrogens with one attached hydrogen (secondary N) is 1. The van der Waals surface area contributed by atoms with Crippen molar-refractivity contribution in [3.8, 4) is 0 Å². The molecule has 2 atom stereocenters. The maximum atomic E-state index is 5.88. The number of nitrogens with zero attached hydrogens (tertiary/aromatic N) is 1. The molecule has 1 aromatic carbocycles. The predicted molar refractivity (Wildman–Crippen MR) is 79.2 cm³/mol. The Morgan fingerprint density at radius 1 is 1.28 bits per heavy atom. The third kappa shape index (κ3) is 3.16. The average molecular weight is 247 g/mol. The van der Waals surface area contributed by atoms with Gasteiger partial charge in [-0.2, -0.15) is 0 Å². The van der Waals surface area contributed by atoms with E-state index in [-0.39, 0.29) is 0 Å². The molecule has 1 saturated carbocycles. The van der Waals surface area contributed by atoms with E-state index in [0.717, 1.165) is 6.54 Å². The molecular weight excluding hydrogens is 222 g/mol. The van der Waals surface area contributed by atoms with E-state index in [2.05, 4.69) is 48.6 Å². The summed E-state index contributed by atoms with van der Waals surface area (Å²) >= 11 is 0. The molecule has 3 N–H and O–H groups in total. The number of rotatable bonds is 4. The van der Waals surface area contributed by atoms with Crippen molar-refractivity contribution in [1.29, 1.82) is 0 Å². The van der Waals surface area contributed by atoms with Crippen molar-refractivity contribution in [1.82, 2.24) is 0 Å². The van der Waals surface area contributed by atoms with E-state index in [9.17, 15) is 0 Å². The lowest BCUT2D eigenvalue weighted by atomic mass is 9.84. The summed E-state index contributed by atoms with van der Waals surface area (Å²) in [6.45, 7) is 0.797. The molecule has 0 saturated heterocycles. The molecule has 1 fully saturated rings. The number of anilines is 2. The first kappa shape index (κ1) is 13.2. The van der Waals surface area contributed by atoms with Crippen LogP contribution in [0.4, 0.5) is 11.4 Å². The predicted octanol–water partition coefficient (Wildman–Crippen LogP) is 2.68. The van der Waals surface area contributed by atoms with Crippen molar-refractivity contribution in [3.63, 3.8) is 0 Å². The highest BCUT2D eigenvalue weighted by Crippen LogP contribution is 2.27. The summed E-state index contributed by atoms with van der Waals surface area (Å²) < 4.78 is 0. The molecule has 0 radical (unpaired) electrons. The summed E-state index contributed by atoms with van der Waals surface area (Å²) in [5.74, 6) is 0.627. The Labute approximate surface area is 110 Å². The van der Waals surface area contributed by atoms with Gasteiger partial charge in [-0.25, -0.2) is 0 Å². The first-order valence-corrected chi connectivity index (χ1v) is 6.94. The van der Waals surface area contributed by atoms with Gasteiger partial charge in [-0.15, -0.1) is 0 Å². The highest BCUT2D eigenvalue weighted by atomic mass is 15.1. The normalized spacial score (nSPS) is 23.7. The lowest BCUT2D eigenvalue weighted by molar-refractivity contribution is 0.332. The van der Waals surface area contributed by atoms with Crippen LogP contribution in [0.5, 0.6) is 0 Å². The molecule has 0 heterocycles. The minimum absolute atomic E-state index is 0.543. The van der Waals surface area contributed by atoms with Gasteiger partial charge in [-0.3, -0.25) is 0 Å². The van der Waals surface area contributed by atoms with Crippen molar-refractivity contribution >= 4 is 11.4 Å². The second-order valence-electron chi connectivity index (χ2n) is 5.48. The molecule has 100 valence electrons. The van der Waals surface area contributed by atoms with Gasteiger partial charge in [-0.1, -0.05) is 18.9 Å². The van der Waals surface area contributed by atoms with Crippen LogP contribution in [0.15, 0.2) is 24.3 Å². The van der Waals surface area contributed by atoms with Gasteiger partial charge < -0.3 is 16.0 Å². The van der Waals surface area contributed by atoms with E-state index < -0.39 is 0 Å². The topological polar surface area (TPSA) is 41.3 Å². The van der Waals surface area contributed by atoms with Gasteiger partial charge in [0.2, 0.25) is 0 Å². The zero-order valence-corrected chi connectivity index (χ0v) is 11.5. The van der Waals surface area contributed by atoms with Gasteiger partial charge in [0.1, 0.15) is 0 Å². The summed E-state index contributed by atoms with van der Waals surface area (Å²) in [6.07, 6.45) is 5.16. The maximum absolute atomic E-state index is 5.88. The maximum Gasteiger partial charge on any atom is 0.0381 e. The summed E-state index contributed by atoms with van der Waals surface area (Å²) in [4.78, 5) is 2.13. The minimum Gasteiger partial charge on any atom is -0.382 e. The third-order valence-electron chi connectivity index (χ3n) is 3.93. The van der Waals surface area contributed by atoms with Crippen molar-refractivity contribution in [2.24, 2.45) is 11.7 Å². The molecule has 0 spiro atoms. The molecule has 2 rings (SSSR count). The standard InChI is InChI=1S/C15H25N3/c1-18(2)14-8-5-7-13(10-14)17-15-9-4-3-6-12(15)11-16/h5,7-8,10,12,15,17H,3-4,6,9,11,16H2,1-2H3. The zero-order valence-electron chi connectivity index (χ0n) is 11.5. The van der Waals surface area contributed by atoms with Gasteiger partial charge in [0, 0.05) is 31.5 Å². The molecule has 18 heavy (non-hydrogen) atoms. The summed E-state index contributed by atoms with van der Waals surface area (Å²) in [5, 5.41) is 3.67. The molecule has 0 aliphatic heterocycles. The van der Waals surface area contributed by atoms with Crippen LogP contribution in [-0.4, -0.2) is 26.7 Å². The molecule has 1 aliphatic carbocycles. The zero-order chi connectivity index (χ0) is 13.0. The van der Waals surface area contributed by atoms with E-state index in [4.69, 9.17) is 5.73 Å². The average Bonchev–Trinajstić information content (AvgIpc) is 2.39. The Hall–Kier alpha value is -1.22. The van der Waals surface area contributed by atoms with Crippen molar-refractivity contribution in [3.05, 3.63) is 24.3 Å². The molecule has 3 nitrogen and oxygen atoms in total. The van der Waals surface area contributed by atoms with Crippen LogP contribution in [0.3, 0.4) is 0 Å². The van der Waals surface area contributed by atoms with Gasteiger partial charge in [-0.05, 0) is 43.5 Å². The Morgan fingerprint density at radius 3 is 2.78 bits per heavy atom. The summed E-state index contributed by atoms with van der Waals surface area (Å²) in [5.41, 5.74) is 8.33. The molecule has 1 aromatic rings. The van der Waals surface area contributed by atoms with Crippen LogP contribution in [0.1, 0.15) is 25.7 Å². The van der Waals surface area contributed by atoms with Gasteiger partial charge in [0.15, 0.2) is 0 Å². The van der Waals surface area contributed by atoms with Crippen LogP contribution >= 0.6 is 0 Å². The molecule has 0 aromatic heterocycles. The van der Waals surface area contributed by atoms with E-state index >= 15 is 0 Å². The van der Waals surface area contributed by atoms with Crippen molar-refractivity contribution in [2.75, 3.05) is 30.9 Å². The Kier molecular flexibility index (Phi) is 4.48. The first-order valence-electron chi connectivity index (χ1n) is 6.94. The molecule has 0 bridgehead atoms. The monoisotopic (exact) mass is 247 g/mol. The number of hydrogen-bond acceptors (Lipinski definition) is 3. The fourth-order valence-corrected chi connectivity index (χ4v) is 2.77. The van der Waals surface area contributed by atoms with Gasteiger partial charge in [0.05, 0.1) is 0 Å². The van der Waals surface area contributed by atoms with E-state index in [0.29, 0.717) is 12.0 Å². The molecular formula is C15H25N3. The fraction of sp³-hybridized carbons (Fsp3) is 0.600. The van der Waals surface area contributed by atoms with Crippen LogP contribution in [0.25, 0.3) is 0 Å². The van der Waals surface area contributed by atoms with Gasteiger partial charge in [0.25, 0.3) is 0 Å². The Bertz CT molecular complexity index is 376. The van der Waals surface area contributed by atoms with Crippen LogP contribution in [-0.2, 0) is 0 Å². The highest BCUT2D eigenvalue weighted by molar-refractivity contribution is 5.57. The molecule has 0 amide bonds. The van der Waals surface area contributed by atoms with Crippen LogP contribution < -0.4 is 16.0 Å². The Morgan fingerprint density at radius 2 is 2.06 bits per heavy atom. The Balaban J connectivity index is 2.05. The van der Waals surface area contributed by atoms with Crippen LogP contribution in [0, 0.1) is 5.92 Å². The first-order chi connectivity index (χ1) is 8.70. The quantitative estimate of drug-likeness (QED) is 0.859. The summed E-state index contributed by atoms with van der Waals surface area (Å²) in [6, 6.07) is 9.14. The van der Waals surface area contributed by atoms with Crippen LogP contribution in [0.2, 0.25) is 0 Å². The SMILES string of the molecule is CN(C)c1cccc(NC2CCCCC2CN)c1. The second kappa shape index (κ2) is 6.10. The summed E-state index contributed by atoms with van der Waals surface area (Å²) in [7, 11) is 4.14. The fourth-order valence-electron chi connectivity index (χ4n) is 2.77. The lowest BCUT2D eigenvalue weighted by Crippen LogP contribution is -2.36.